The fourth-order valence-electron chi connectivity index (χ4n) is 2.41. The summed E-state index contributed by atoms with van der Waals surface area (Å²) in [6.45, 7) is 0.939. The standard InChI is InChI=1S/C16H14ClFN2O.ClH/c17-14-8-11(18)4-6-13(14)16(21)20-12-5-3-10-2-1-7-19-15(10)9-12;/h3-6,8-9,19H,1-2,7H2,(H,20,21);1H. The maximum atomic E-state index is 13.0. The number of anilines is 2. The lowest BCUT2D eigenvalue weighted by atomic mass is 10.0. The van der Waals surface area contributed by atoms with Gasteiger partial charge in [0.1, 0.15) is 5.82 Å². The van der Waals surface area contributed by atoms with E-state index in [1.165, 1.54) is 17.7 Å². The molecule has 1 aliphatic heterocycles. The smallest absolute Gasteiger partial charge is 0.257 e. The van der Waals surface area contributed by atoms with Gasteiger partial charge in [0, 0.05) is 17.9 Å². The highest BCUT2D eigenvalue weighted by Gasteiger charge is 2.13. The molecule has 0 aliphatic carbocycles. The number of amides is 1. The van der Waals surface area contributed by atoms with Crippen LogP contribution in [0.2, 0.25) is 5.02 Å². The maximum Gasteiger partial charge on any atom is 0.257 e. The molecule has 0 saturated heterocycles. The number of nitrogens with one attached hydrogen (secondary N) is 2. The Hall–Kier alpha value is -1.78. The monoisotopic (exact) mass is 340 g/mol. The normalized spacial score (nSPS) is 12.6. The fraction of sp³-hybridized carbons (Fsp3) is 0.188. The van der Waals surface area contributed by atoms with Gasteiger partial charge in [0.05, 0.1) is 10.6 Å². The highest BCUT2D eigenvalue weighted by molar-refractivity contribution is 6.34. The molecule has 2 aromatic rings. The van der Waals surface area contributed by atoms with Gasteiger partial charge in [-0.25, -0.2) is 4.39 Å². The quantitative estimate of drug-likeness (QED) is 0.844. The predicted octanol–water partition coefficient (Wildman–Crippen LogP) is 4.51. The van der Waals surface area contributed by atoms with Crippen LogP contribution < -0.4 is 10.6 Å². The van der Waals surface area contributed by atoms with E-state index < -0.39 is 5.82 Å². The number of rotatable bonds is 2. The van der Waals surface area contributed by atoms with Crippen molar-refractivity contribution in [2.24, 2.45) is 0 Å². The van der Waals surface area contributed by atoms with Gasteiger partial charge < -0.3 is 10.6 Å². The molecule has 1 heterocycles. The highest BCUT2D eigenvalue weighted by atomic mass is 35.5. The first-order valence-electron chi connectivity index (χ1n) is 6.77. The van der Waals surface area contributed by atoms with Gasteiger partial charge in [0.2, 0.25) is 0 Å². The molecule has 22 heavy (non-hydrogen) atoms. The van der Waals surface area contributed by atoms with Gasteiger partial charge in [-0.05, 0) is 48.7 Å². The second kappa shape index (κ2) is 6.99. The summed E-state index contributed by atoms with van der Waals surface area (Å²) in [5.74, 6) is -0.815. The van der Waals surface area contributed by atoms with Crippen molar-refractivity contribution in [3.8, 4) is 0 Å². The predicted molar refractivity (Wildman–Crippen MR) is 89.9 cm³/mol. The lowest BCUT2D eigenvalue weighted by molar-refractivity contribution is 0.102. The summed E-state index contributed by atoms with van der Waals surface area (Å²) >= 11 is 5.89. The zero-order valence-electron chi connectivity index (χ0n) is 11.7. The maximum absolute atomic E-state index is 13.0. The minimum Gasteiger partial charge on any atom is -0.385 e. The van der Waals surface area contributed by atoms with E-state index in [1.54, 1.807) is 0 Å². The summed E-state index contributed by atoms with van der Waals surface area (Å²) in [6, 6.07) is 9.50. The molecule has 0 unspecified atom stereocenters. The van der Waals surface area contributed by atoms with Crippen molar-refractivity contribution in [2.45, 2.75) is 12.8 Å². The third-order valence-electron chi connectivity index (χ3n) is 3.48. The molecule has 0 bridgehead atoms. The Kier molecular flexibility index (Phi) is 5.27. The van der Waals surface area contributed by atoms with Crippen LogP contribution in [0.5, 0.6) is 0 Å². The Morgan fingerprint density at radius 1 is 1.23 bits per heavy atom. The molecule has 0 spiro atoms. The van der Waals surface area contributed by atoms with E-state index in [2.05, 4.69) is 10.6 Å². The number of hydrogen-bond donors (Lipinski definition) is 2. The van der Waals surface area contributed by atoms with Crippen LogP contribution in [-0.2, 0) is 6.42 Å². The molecule has 0 saturated carbocycles. The molecule has 6 heteroatoms. The van der Waals surface area contributed by atoms with E-state index in [4.69, 9.17) is 11.6 Å². The van der Waals surface area contributed by atoms with Crippen molar-refractivity contribution in [3.05, 3.63) is 58.4 Å². The molecule has 0 aromatic heterocycles. The van der Waals surface area contributed by atoms with Crippen molar-refractivity contribution >= 4 is 41.3 Å². The summed E-state index contributed by atoms with van der Waals surface area (Å²) in [5.41, 5.74) is 3.24. The summed E-state index contributed by atoms with van der Waals surface area (Å²) < 4.78 is 13.0. The van der Waals surface area contributed by atoms with E-state index in [1.807, 2.05) is 18.2 Å². The number of halogens is 3. The largest absolute Gasteiger partial charge is 0.385 e. The third-order valence-corrected chi connectivity index (χ3v) is 3.79. The van der Waals surface area contributed by atoms with Gasteiger partial charge in [-0.3, -0.25) is 4.79 Å². The van der Waals surface area contributed by atoms with Gasteiger partial charge in [-0.1, -0.05) is 17.7 Å². The van der Waals surface area contributed by atoms with Crippen LogP contribution in [0, 0.1) is 5.82 Å². The van der Waals surface area contributed by atoms with E-state index in [0.29, 0.717) is 5.69 Å². The Balaban J connectivity index is 0.00000176. The molecule has 3 nitrogen and oxygen atoms in total. The Morgan fingerprint density at radius 2 is 2.05 bits per heavy atom. The van der Waals surface area contributed by atoms with Gasteiger partial charge in [-0.15, -0.1) is 12.4 Å². The number of fused-ring (bicyclic) bond motifs is 1. The summed E-state index contributed by atoms with van der Waals surface area (Å²) in [7, 11) is 0. The highest BCUT2D eigenvalue weighted by Crippen LogP contribution is 2.26. The molecule has 3 rings (SSSR count). The van der Waals surface area contributed by atoms with Crippen LogP contribution in [0.3, 0.4) is 0 Å². The van der Waals surface area contributed by atoms with Crippen molar-refractivity contribution in [3.63, 3.8) is 0 Å². The lowest BCUT2D eigenvalue weighted by Gasteiger charge is -2.19. The topological polar surface area (TPSA) is 41.1 Å². The minimum absolute atomic E-state index is 0. The average Bonchev–Trinajstić information content (AvgIpc) is 2.47. The first kappa shape index (κ1) is 16.6. The molecule has 2 aromatic carbocycles. The fourth-order valence-corrected chi connectivity index (χ4v) is 2.66. The molecule has 116 valence electrons. The molecule has 2 N–H and O–H groups in total. The second-order valence-electron chi connectivity index (χ2n) is 4.98. The Labute approximate surface area is 139 Å². The third kappa shape index (κ3) is 3.51. The van der Waals surface area contributed by atoms with Gasteiger partial charge in [-0.2, -0.15) is 0 Å². The molecule has 0 atom stereocenters. The molecular weight excluding hydrogens is 326 g/mol. The molecular formula is C16H15Cl2FN2O. The van der Waals surface area contributed by atoms with Crippen molar-refractivity contribution in [1.29, 1.82) is 0 Å². The Morgan fingerprint density at radius 3 is 2.82 bits per heavy atom. The number of carbonyl (C=O) groups excluding carboxylic acids is 1. The van der Waals surface area contributed by atoms with Crippen molar-refractivity contribution in [2.75, 3.05) is 17.2 Å². The lowest BCUT2D eigenvalue weighted by Crippen LogP contribution is -2.15. The van der Waals surface area contributed by atoms with E-state index in [0.717, 1.165) is 31.1 Å². The second-order valence-corrected chi connectivity index (χ2v) is 5.39. The first-order valence-corrected chi connectivity index (χ1v) is 7.14. The van der Waals surface area contributed by atoms with Gasteiger partial charge in [0.15, 0.2) is 0 Å². The van der Waals surface area contributed by atoms with E-state index in [-0.39, 0.29) is 28.9 Å². The van der Waals surface area contributed by atoms with E-state index >= 15 is 0 Å². The summed E-state index contributed by atoms with van der Waals surface area (Å²) in [6.07, 6.45) is 2.16. The Bertz CT molecular complexity index is 707. The van der Waals surface area contributed by atoms with Crippen LogP contribution >= 0.6 is 24.0 Å². The summed E-state index contributed by atoms with van der Waals surface area (Å²) in [5, 5.41) is 6.19. The number of carbonyl (C=O) groups is 1. The summed E-state index contributed by atoms with van der Waals surface area (Å²) in [4.78, 5) is 12.2. The SMILES string of the molecule is Cl.O=C(Nc1ccc2c(c1)NCCC2)c1ccc(F)cc1Cl. The number of benzene rings is 2. The van der Waals surface area contributed by atoms with Crippen molar-refractivity contribution < 1.29 is 9.18 Å². The minimum atomic E-state index is -0.463. The van der Waals surface area contributed by atoms with Crippen LogP contribution in [0.25, 0.3) is 0 Å². The molecule has 1 amide bonds. The zero-order chi connectivity index (χ0) is 14.8. The zero-order valence-corrected chi connectivity index (χ0v) is 13.2. The van der Waals surface area contributed by atoms with Crippen molar-refractivity contribution in [1.82, 2.24) is 0 Å². The molecule has 0 fully saturated rings. The van der Waals surface area contributed by atoms with Gasteiger partial charge >= 0.3 is 0 Å². The van der Waals surface area contributed by atoms with Crippen LogP contribution in [0.4, 0.5) is 15.8 Å². The van der Waals surface area contributed by atoms with Crippen LogP contribution in [0.15, 0.2) is 36.4 Å². The number of aryl methyl sites for hydroxylation is 1. The number of hydrogen-bond acceptors (Lipinski definition) is 2. The average molecular weight is 341 g/mol. The van der Waals surface area contributed by atoms with Crippen LogP contribution in [-0.4, -0.2) is 12.5 Å². The van der Waals surface area contributed by atoms with E-state index in [9.17, 15) is 9.18 Å². The van der Waals surface area contributed by atoms with Gasteiger partial charge in [0.25, 0.3) is 5.91 Å². The molecule has 0 radical (unpaired) electrons. The van der Waals surface area contributed by atoms with Crippen LogP contribution in [0.1, 0.15) is 22.3 Å². The first-order chi connectivity index (χ1) is 10.1. The molecule has 1 aliphatic rings.